The topological polar surface area (TPSA) is 63.5 Å². The van der Waals surface area contributed by atoms with E-state index in [0.29, 0.717) is 15.7 Å². The number of sulfonamides is 1. The number of aryl methyl sites for hydroxylation is 2. The molecule has 8 heteroatoms. The molecule has 110 valence electrons. The van der Waals surface area contributed by atoms with Crippen molar-refractivity contribution in [2.24, 2.45) is 0 Å². The van der Waals surface area contributed by atoms with Crippen LogP contribution in [0.2, 0.25) is 4.34 Å². The number of hydrogen-bond acceptors (Lipinski definition) is 4. The second-order valence-electron chi connectivity index (χ2n) is 4.56. The predicted octanol–water partition coefficient (Wildman–Crippen LogP) is 3.47. The smallest absolute Gasteiger partial charge is 0.271 e. The molecule has 1 N–H and O–H groups in total. The van der Waals surface area contributed by atoms with E-state index in [-0.39, 0.29) is 4.21 Å². The van der Waals surface area contributed by atoms with Crippen LogP contribution in [-0.4, -0.2) is 17.8 Å². The molecule has 0 aliphatic heterocycles. The number of thiophene rings is 1. The highest BCUT2D eigenvalue weighted by Crippen LogP contribution is 2.28. The lowest BCUT2D eigenvalue weighted by atomic mass is 10.4. The van der Waals surface area contributed by atoms with Crippen molar-refractivity contribution in [2.45, 2.75) is 18.1 Å². The van der Waals surface area contributed by atoms with E-state index in [4.69, 9.17) is 11.6 Å². The third kappa shape index (κ3) is 2.52. The average Bonchev–Trinajstić information content (AvgIpc) is 2.97. The molecule has 0 saturated carbocycles. The number of pyridine rings is 1. The van der Waals surface area contributed by atoms with Gasteiger partial charge in [0, 0.05) is 11.9 Å². The number of rotatable bonds is 3. The van der Waals surface area contributed by atoms with Crippen molar-refractivity contribution in [3.63, 3.8) is 0 Å². The molecule has 0 fully saturated rings. The number of nitrogens with zero attached hydrogens (tertiary/aromatic N) is 2. The summed E-state index contributed by atoms with van der Waals surface area (Å²) >= 11 is 6.81. The minimum Gasteiger partial charge on any atom is -0.302 e. The highest BCUT2D eigenvalue weighted by molar-refractivity contribution is 7.94. The van der Waals surface area contributed by atoms with Gasteiger partial charge in [0.1, 0.15) is 4.21 Å². The van der Waals surface area contributed by atoms with Gasteiger partial charge in [0.05, 0.1) is 15.7 Å². The Kier molecular flexibility index (Phi) is 3.43. The summed E-state index contributed by atoms with van der Waals surface area (Å²) in [6, 6.07) is 6.51. The molecule has 3 aromatic rings. The first-order chi connectivity index (χ1) is 9.88. The Morgan fingerprint density at radius 1 is 1.29 bits per heavy atom. The summed E-state index contributed by atoms with van der Waals surface area (Å²) in [6.45, 7) is 3.83. The molecular weight excluding hydrogens is 330 g/mol. The highest BCUT2D eigenvalue weighted by Gasteiger charge is 2.19. The van der Waals surface area contributed by atoms with Crippen LogP contribution in [0, 0.1) is 13.8 Å². The molecule has 3 heterocycles. The summed E-state index contributed by atoms with van der Waals surface area (Å²) in [5, 5.41) is 0. The van der Waals surface area contributed by atoms with E-state index < -0.39 is 10.0 Å². The number of hydrogen-bond donors (Lipinski definition) is 1. The zero-order valence-electron chi connectivity index (χ0n) is 11.3. The molecule has 0 aliphatic rings. The van der Waals surface area contributed by atoms with Crippen LogP contribution in [-0.2, 0) is 10.0 Å². The van der Waals surface area contributed by atoms with Gasteiger partial charge in [-0.05, 0) is 38.1 Å². The molecule has 0 amide bonds. The first kappa shape index (κ1) is 14.4. The quantitative estimate of drug-likeness (QED) is 0.793. The second-order valence-corrected chi connectivity index (χ2v) is 8.19. The molecule has 0 bridgehead atoms. The van der Waals surface area contributed by atoms with E-state index in [0.717, 1.165) is 22.7 Å². The molecule has 21 heavy (non-hydrogen) atoms. The van der Waals surface area contributed by atoms with Crippen molar-refractivity contribution in [1.82, 2.24) is 9.38 Å². The maximum absolute atomic E-state index is 12.4. The van der Waals surface area contributed by atoms with Crippen LogP contribution in [0.3, 0.4) is 0 Å². The lowest BCUT2D eigenvalue weighted by molar-refractivity contribution is 0.603. The Bertz CT molecular complexity index is 928. The molecule has 0 unspecified atom stereocenters. The van der Waals surface area contributed by atoms with Gasteiger partial charge in [0.25, 0.3) is 10.0 Å². The van der Waals surface area contributed by atoms with Crippen LogP contribution in [0.1, 0.15) is 11.4 Å². The maximum Gasteiger partial charge on any atom is 0.271 e. The Hall–Kier alpha value is -1.57. The minimum atomic E-state index is -3.66. The molecule has 0 spiro atoms. The van der Waals surface area contributed by atoms with Gasteiger partial charge in [0.15, 0.2) is 5.65 Å². The van der Waals surface area contributed by atoms with Gasteiger partial charge < -0.3 is 4.40 Å². The lowest BCUT2D eigenvalue weighted by Crippen LogP contribution is -2.12. The normalized spacial score (nSPS) is 12.0. The van der Waals surface area contributed by atoms with Crippen LogP contribution < -0.4 is 4.72 Å². The van der Waals surface area contributed by atoms with E-state index in [1.807, 2.05) is 24.4 Å². The number of anilines is 1. The van der Waals surface area contributed by atoms with Crippen LogP contribution in [0.15, 0.2) is 34.7 Å². The van der Waals surface area contributed by atoms with Gasteiger partial charge >= 0.3 is 0 Å². The molecule has 0 atom stereocenters. The van der Waals surface area contributed by atoms with E-state index in [1.54, 1.807) is 18.2 Å². The van der Waals surface area contributed by atoms with E-state index in [9.17, 15) is 8.42 Å². The van der Waals surface area contributed by atoms with Gasteiger partial charge in [0.2, 0.25) is 0 Å². The summed E-state index contributed by atoms with van der Waals surface area (Å²) in [4.78, 5) is 4.41. The van der Waals surface area contributed by atoms with Crippen LogP contribution >= 0.6 is 22.9 Å². The summed E-state index contributed by atoms with van der Waals surface area (Å²) in [7, 11) is -3.66. The average molecular weight is 342 g/mol. The van der Waals surface area contributed by atoms with Crippen molar-refractivity contribution in [2.75, 3.05) is 4.72 Å². The summed E-state index contributed by atoms with van der Waals surface area (Å²) in [6.07, 6.45) is 1.85. The fourth-order valence-corrected chi connectivity index (χ4v) is 4.56. The summed E-state index contributed by atoms with van der Waals surface area (Å²) < 4.78 is 29.7. The third-order valence-electron chi connectivity index (χ3n) is 3.18. The third-order valence-corrected chi connectivity index (χ3v) is 6.27. The molecule has 3 rings (SSSR count). The standard InChI is InChI=1S/C13H12ClN3O2S2/c1-8-9(2)17-7-3-4-10(13(17)15-8)16-21(18,19)12-6-5-11(14)20-12/h3-7,16H,1-2H3. The molecule has 3 aromatic heterocycles. The van der Waals surface area contributed by atoms with Gasteiger partial charge in [-0.25, -0.2) is 13.4 Å². The number of imidazole rings is 1. The zero-order valence-corrected chi connectivity index (χ0v) is 13.7. The fourth-order valence-electron chi connectivity index (χ4n) is 2.02. The Labute approximate surface area is 131 Å². The van der Waals surface area contributed by atoms with Crippen molar-refractivity contribution >= 4 is 44.3 Å². The van der Waals surface area contributed by atoms with Gasteiger partial charge in [-0.1, -0.05) is 11.6 Å². The molecule has 0 radical (unpaired) electrons. The minimum absolute atomic E-state index is 0.175. The van der Waals surface area contributed by atoms with Gasteiger partial charge in [-0.3, -0.25) is 4.72 Å². The second kappa shape index (κ2) is 5.01. The SMILES string of the molecule is Cc1nc2c(NS(=O)(=O)c3ccc(Cl)s3)cccn2c1C. The van der Waals surface area contributed by atoms with Crippen molar-refractivity contribution < 1.29 is 8.42 Å². The van der Waals surface area contributed by atoms with Crippen LogP contribution in [0.4, 0.5) is 5.69 Å². The number of nitrogens with one attached hydrogen (secondary N) is 1. The highest BCUT2D eigenvalue weighted by atomic mass is 35.5. The van der Waals surface area contributed by atoms with Crippen molar-refractivity contribution in [3.05, 3.63) is 46.2 Å². The first-order valence-corrected chi connectivity index (χ1v) is 8.79. The van der Waals surface area contributed by atoms with Gasteiger partial charge in [-0.15, -0.1) is 11.3 Å². The lowest BCUT2D eigenvalue weighted by Gasteiger charge is -2.07. The molecule has 5 nitrogen and oxygen atoms in total. The molecule has 0 aromatic carbocycles. The summed E-state index contributed by atoms with van der Waals surface area (Å²) in [5.41, 5.74) is 2.86. The number of halogens is 1. The van der Waals surface area contributed by atoms with E-state index >= 15 is 0 Å². The molecular formula is C13H12ClN3O2S2. The molecule has 0 aliphatic carbocycles. The maximum atomic E-state index is 12.4. The Morgan fingerprint density at radius 2 is 2.05 bits per heavy atom. The van der Waals surface area contributed by atoms with Crippen LogP contribution in [0.25, 0.3) is 5.65 Å². The monoisotopic (exact) mass is 341 g/mol. The predicted molar refractivity (Wildman–Crippen MR) is 84.8 cm³/mol. The Balaban J connectivity index is 2.08. The van der Waals surface area contributed by atoms with Gasteiger partial charge in [-0.2, -0.15) is 0 Å². The number of aromatic nitrogens is 2. The molecule has 0 saturated heterocycles. The Morgan fingerprint density at radius 3 is 2.71 bits per heavy atom. The van der Waals surface area contributed by atoms with E-state index in [2.05, 4.69) is 9.71 Å². The first-order valence-electron chi connectivity index (χ1n) is 6.11. The largest absolute Gasteiger partial charge is 0.302 e. The van der Waals surface area contributed by atoms with Crippen LogP contribution in [0.5, 0.6) is 0 Å². The fraction of sp³-hybridized carbons (Fsp3) is 0.154. The van der Waals surface area contributed by atoms with Crippen molar-refractivity contribution in [1.29, 1.82) is 0 Å². The van der Waals surface area contributed by atoms with E-state index in [1.165, 1.54) is 6.07 Å². The summed E-state index contributed by atoms with van der Waals surface area (Å²) in [5.74, 6) is 0. The zero-order chi connectivity index (χ0) is 15.2. The van der Waals surface area contributed by atoms with Crippen molar-refractivity contribution in [3.8, 4) is 0 Å². The number of fused-ring (bicyclic) bond motifs is 1.